The number of hydrogen-bond donors (Lipinski definition) is 1. The van der Waals surface area contributed by atoms with E-state index in [4.69, 9.17) is 33.2 Å². The molecule has 1 N–H and O–H groups in total. The van der Waals surface area contributed by atoms with Crippen LogP contribution in [0, 0.1) is 35.9 Å². The number of likely N-dealkylation sites (N-methyl/N-ethyl adjacent to an activating group) is 1. The highest BCUT2D eigenvalue weighted by atomic mass is 35.5. The first-order valence-electron chi connectivity index (χ1n) is 15.8. The van der Waals surface area contributed by atoms with Gasteiger partial charge in [0, 0.05) is 58.6 Å². The number of likely N-dealkylation sites (tertiary alicyclic amines) is 1. The van der Waals surface area contributed by atoms with Crippen LogP contribution in [0.15, 0.2) is 24.7 Å². The van der Waals surface area contributed by atoms with E-state index >= 15 is 4.39 Å². The van der Waals surface area contributed by atoms with Crippen LogP contribution < -0.4 is 4.90 Å². The second kappa shape index (κ2) is 11.9. The summed E-state index contributed by atoms with van der Waals surface area (Å²) < 4.78 is 19.3. The first kappa shape index (κ1) is 32.1. The highest BCUT2D eigenvalue weighted by molar-refractivity contribution is 6.36. The maximum atomic E-state index is 17.2. The largest absolute Gasteiger partial charge is 0.351 e. The fraction of sp³-hybridized carbons (Fsp3) is 0.400. The highest BCUT2D eigenvalue weighted by Gasteiger charge is 2.43. The smallest absolute Gasteiger partial charge is 0.298 e. The number of benzene rings is 2. The molecule has 5 heterocycles. The van der Waals surface area contributed by atoms with E-state index in [0.717, 1.165) is 0 Å². The number of rotatable bonds is 5. The Morgan fingerprint density at radius 1 is 1.19 bits per heavy atom. The number of pyridine rings is 1. The lowest BCUT2D eigenvalue weighted by molar-refractivity contribution is -0.129. The molecule has 13 heteroatoms. The lowest BCUT2D eigenvalue weighted by Crippen LogP contribution is -2.67. The first-order valence-corrected chi connectivity index (χ1v) is 16.6. The van der Waals surface area contributed by atoms with Crippen LogP contribution in [0.3, 0.4) is 0 Å². The summed E-state index contributed by atoms with van der Waals surface area (Å²) in [5, 5.41) is 18.6. The third-order valence-corrected chi connectivity index (χ3v) is 10.9. The molecule has 1 amide bonds. The second-order valence-corrected chi connectivity index (χ2v) is 14.0. The Kier molecular flexibility index (Phi) is 7.98. The van der Waals surface area contributed by atoms with Crippen molar-refractivity contribution in [2.75, 3.05) is 38.6 Å². The third-order valence-electron chi connectivity index (χ3n) is 10.2. The van der Waals surface area contributed by atoms with Crippen molar-refractivity contribution in [2.45, 2.75) is 57.7 Å². The molecule has 7 rings (SSSR count). The average Bonchev–Trinajstić information content (AvgIpc) is 3.69. The normalized spacial score (nSPS) is 19.1. The molecule has 10 nitrogen and oxygen atoms in total. The van der Waals surface area contributed by atoms with E-state index in [1.54, 1.807) is 36.5 Å². The van der Waals surface area contributed by atoms with Gasteiger partial charge in [-0.2, -0.15) is 10.4 Å². The zero-order valence-corrected chi connectivity index (χ0v) is 28.8. The predicted octanol–water partition coefficient (Wildman–Crippen LogP) is 6.49. The van der Waals surface area contributed by atoms with Crippen LogP contribution in [0.2, 0.25) is 10.0 Å². The van der Waals surface area contributed by atoms with E-state index in [2.05, 4.69) is 49.4 Å². The predicted molar refractivity (Wildman–Crippen MR) is 187 cm³/mol. The number of halogens is 3. The third kappa shape index (κ3) is 4.95. The van der Waals surface area contributed by atoms with Gasteiger partial charge in [-0.3, -0.25) is 9.89 Å². The summed E-state index contributed by atoms with van der Waals surface area (Å²) >= 11 is 13.6. The quantitative estimate of drug-likeness (QED) is 0.211. The van der Waals surface area contributed by atoms with Crippen molar-refractivity contribution in [3.05, 3.63) is 46.1 Å². The van der Waals surface area contributed by atoms with Crippen molar-refractivity contribution in [3.63, 3.8) is 0 Å². The van der Waals surface area contributed by atoms with Gasteiger partial charge in [-0.15, -0.1) is 0 Å². The number of aromatic amines is 1. The summed E-state index contributed by atoms with van der Waals surface area (Å²) in [7, 11) is 4.10. The number of carbonyl (C=O) groups is 1. The number of nitriles is 1. The number of fused-ring (bicyclic) bond motifs is 4. The molecule has 0 unspecified atom stereocenters. The number of nitrogens with zero attached hydrogens (tertiary/aromatic N) is 8. The topological polar surface area (TPSA) is 110 Å². The highest BCUT2D eigenvalue weighted by Crippen LogP contribution is 2.46. The maximum absolute atomic E-state index is 17.2. The van der Waals surface area contributed by atoms with Crippen LogP contribution in [-0.4, -0.2) is 85.7 Å². The van der Waals surface area contributed by atoms with Crippen molar-refractivity contribution in [3.8, 4) is 29.0 Å². The molecule has 5 aromatic rings. The average molecular weight is 687 g/mol. The van der Waals surface area contributed by atoms with Crippen molar-refractivity contribution in [1.29, 1.82) is 5.26 Å². The van der Waals surface area contributed by atoms with Gasteiger partial charge in [-0.25, -0.2) is 14.4 Å². The van der Waals surface area contributed by atoms with Gasteiger partial charge in [0.25, 0.3) is 5.91 Å². The number of hydrogen-bond acceptors (Lipinski definition) is 7. The number of piperidine rings is 1. The number of amides is 1. The molecular formula is C35H34Cl2FN9O. The summed E-state index contributed by atoms with van der Waals surface area (Å²) in [6.07, 6.45) is 4.73. The Morgan fingerprint density at radius 2 is 1.96 bits per heavy atom. The molecule has 2 aliphatic rings. The number of imidazole rings is 1. The molecule has 0 radical (unpaired) electrons. The number of anilines is 1. The fourth-order valence-corrected chi connectivity index (χ4v) is 7.79. The van der Waals surface area contributed by atoms with Crippen molar-refractivity contribution in [2.24, 2.45) is 0 Å². The van der Waals surface area contributed by atoms with E-state index < -0.39 is 5.82 Å². The molecule has 0 bridgehead atoms. The molecule has 48 heavy (non-hydrogen) atoms. The van der Waals surface area contributed by atoms with E-state index in [-0.39, 0.29) is 46.1 Å². The molecule has 2 aliphatic heterocycles. The first-order chi connectivity index (χ1) is 23.0. The fourth-order valence-electron chi connectivity index (χ4n) is 7.30. The molecule has 2 atom stereocenters. The number of H-pyrrole nitrogens is 1. The molecule has 2 saturated heterocycles. The molecule has 0 saturated carbocycles. The van der Waals surface area contributed by atoms with Gasteiger partial charge in [0.1, 0.15) is 11.0 Å². The maximum Gasteiger partial charge on any atom is 0.298 e. The van der Waals surface area contributed by atoms with Crippen LogP contribution in [0.25, 0.3) is 44.0 Å². The van der Waals surface area contributed by atoms with Crippen LogP contribution in [-0.2, 0) is 4.79 Å². The lowest BCUT2D eigenvalue weighted by Gasteiger charge is -2.52. The van der Waals surface area contributed by atoms with Crippen molar-refractivity contribution >= 4 is 67.8 Å². The molecular weight excluding hydrogens is 652 g/mol. The minimum Gasteiger partial charge on any atom is -0.351 e. The van der Waals surface area contributed by atoms with Gasteiger partial charge < -0.3 is 19.3 Å². The number of carbonyl (C=O) groups excluding carboxylic acids is 1. The Balaban J connectivity index is 1.44. The number of aromatic nitrogens is 5. The molecule has 246 valence electrons. The van der Waals surface area contributed by atoms with Gasteiger partial charge in [-0.05, 0) is 71.3 Å². The van der Waals surface area contributed by atoms with Gasteiger partial charge in [0.2, 0.25) is 0 Å². The van der Waals surface area contributed by atoms with Crippen molar-refractivity contribution < 1.29 is 9.18 Å². The summed E-state index contributed by atoms with van der Waals surface area (Å²) in [6.45, 7) is 7.46. The minimum absolute atomic E-state index is 0.0781. The van der Waals surface area contributed by atoms with Gasteiger partial charge in [0.15, 0.2) is 11.6 Å². The Bertz CT molecular complexity index is 2240. The van der Waals surface area contributed by atoms with E-state index in [0.29, 0.717) is 81.8 Å². The Hall–Kier alpha value is -4.42. The van der Waals surface area contributed by atoms with Gasteiger partial charge >= 0.3 is 0 Å². The summed E-state index contributed by atoms with van der Waals surface area (Å²) in [4.78, 5) is 28.7. The van der Waals surface area contributed by atoms with Crippen LogP contribution in [0.1, 0.15) is 44.7 Å². The lowest BCUT2D eigenvalue weighted by atomic mass is 9.90. The SMILES string of the molecule is CC#CC(=O)N1CC[C@H](n2cnc3c(N4CC(C)(N(C)C)C4)nc4c(F)c(-c5c(C)c(Cl)cc6[nH]ncc56)c(Cl)cc4c32)C[C@H]1CC#N. The zero-order valence-electron chi connectivity index (χ0n) is 27.3. The summed E-state index contributed by atoms with van der Waals surface area (Å²) in [5.74, 6) is 5.06. The minimum atomic E-state index is -0.557. The molecule has 0 spiro atoms. The summed E-state index contributed by atoms with van der Waals surface area (Å²) in [5.41, 5.74) is 3.57. The Labute approximate surface area is 287 Å². The number of nitrogens with one attached hydrogen (secondary N) is 1. The monoisotopic (exact) mass is 685 g/mol. The molecule has 3 aromatic heterocycles. The van der Waals surface area contributed by atoms with Crippen LogP contribution in [0.5, 0.6) is 0 Å². The van der Waals surface area contributed by atoms with Gasteiger partial charge in [-0.1, -0.05) is 29.1 Å². The summed E-state index contributed by atoms with van der Waals surface area (Å²) in [6, 6.07) is 5.34. The second-order valence-electron chi connectivity index (χ2n) is 13.2. The molecule has 2 aromatic carbocycles. The standard InChI is InChI=1S/C35H34Cl2FN9O/c1-6-7-27(48)46-11-9-21(12-20(46)8-10-39)47-18-40-32-33(47)22-13-25(37)29(28-19(2)24(36)14-26-23(28)15-41-43-26)30(38)31(22)42-34(32)45-16-35(3,17-45)44(4)5/h13-15,18,20-21H,8-9,11-12,16-17H2,1-5H3,(H,41,43)/t20-,21+/m1/s1. The van der Waals surface area contributed by atoms with Gasteiger partial charge in [0.05, 0.1) is 46.6 Å². The Morgan fingerprint density at radius 3 is 2.67 bits per heavy atom. The molecule has 0 aliphatic carbocycles. The van der Waals surface area contributed by atoms with Crippen LogP contribution in [0.4, 0.5) is 10.2 Å². The van der Waals surface area contributed by atoms with Crippen LogP contribution >= 0.6 is 23.2 Å². The molecule has 2 fully saturated rings. The zero-order chi connectivity index (χ0) is 34.1. The van der Waals surface area contributed by atoms with E-state index in [1.807, 2.05) is 21.0 Å². The van der Waals surface area contributed by atoms with E-state index in [9.17, 15) is 10.1 Å². The van der Waals surface area contributed by atoms with Crippen molar-refractivity contribution in [1.82, 2.24) is 34.5 Å². The van der Waals surface area contributed by atoms with E-state index in [1.165, 1.54) is 0 Å².